The van der Waals surface area contributed by atoms with E-state index in [-0.39, 0.29) is 0 Å². The molecule has 0 aliphatic carbocycles. The van der Waals surface area contributed by atoms with E-state index in [9.17, 15) is 0 Å². The van der Waals surface area contributed by atoms with E-state index in [4.69, 9.17) is 9.97 Å². The minimum Gasteiger partial charge on any atom is -0.309 e. The first-order valence-corrected chi connectivity index (χ1v) is 20.8. The highest BCUT2D eigenvalue weighted by Gasteiger charge is 2.18. The van der Waals surface area contributed by atoms with Crippen LogP contribution in [0.25, 0.3) is 116 Å². The van der Waals surface area contributed by atoms with Crippen molar-refractivity contribution in [2.45, 2.75) is 0 Å². The molecule has 2 heterocycles. The molecule has 0 saturated carbocycles. The monoisotopic (exact) mass is 775 g/mol. The topological polar surface area (TPSA) is 30.7 Å². The molecular formula is C58H37N3. The summed E-state index contributed by atoms with van der Waals surface area (Å²) in [6, 6.07) is 80.5. The first kappa shape index (κ1) is 34.9. The van der Waals surface area contributed by atoms with E-state index in [0.717, 1.165) is 33.8 Å². The summed E-state index contributed by atoms with van der Waals surface area (Å²) >= 11 is 0. The largest absolute Gasteiger partial charge is 0.309 e. The number of aromatic nitrogens is 3. The Kier molecular flexibility index (Phi) is 8.17. The van der Waals surface area contributed by atoms with Crippen LogP contribution in [-0.4, -0.2) is 14.5 Å². The van der Waals surface area contributed by atoms with Crippen LogP contribution in [0.2, 0.25) is 0 Å². The minimum absolute atomic E-state index is 0.699. The second-order valence-electron chi connectivity index (χ2n) is 15.7. The summed E-state index contributed by atoms with van der Waals surface area (Å²) in [6.07, 6.45) is 0. The highest BCUT2D eigenvalue weighted by atomic mass is 15.0. The van der Waals surface area contributed by atoms with Crippen molar-refractivity contribution in [2.24, 2.45) is 0 Å². The highest BCUT2D eigenvalue weighted by molar-refractivity contribution is 6.29. The fourth-order valence-corrected chi connectivity index (χ4v) is 9.33. The van der Waals surface area contributed by atoms with Crippen molar-refractivity contribution in [3.63, 3.8) is 0 Å². The number of rotatable bonds is 6. The third-order valence-electron chi connectivity index (χ3n) is 12.2. The van der Waals surface area contributed by atoms with E-state index in [1.807, 2.05) is 12.1 Å². The van der Waals surface area contributed by atoms with Crippen molar-refractivity contribution >= 4 is 54.1 Å². The van der Waals surface area contributed by atoms with Crippen molar-refractivity contribution in [1.82, 2.24) is 14.5 Å². The van der Waals surface area contributed by atoms with Crippen LogP contribution in [0.5, 0.6) is 0 Å². The third kappa shape index (κ3) is 5.90. The summed E-state index contributed by atoms with van der Waals surface area (Å²) in [5, 5.41) is 9.75. The van der Waals surface area contributed by atoms with Crippen molar-refractivity contribution in [3.8, 4) is 61.8 Å². The molecule has 0 spiro atoms. The molecule has 61 heavy (non-hydrogen) atoms. The van der Waals surface area contributed by atoms with Crippen LogP contribution >= 0.6 is 0 Å². The highest BCUT2D eigenvalue weighted by Crippen LogP contribution is 2.43. The molecule has 3 heteroatoms. The van der Waals surface area contributed by atoms with Crippen molar-refractivity contribution < 1.29 is 0 Å². The van der Waals surface area contributed by atoms with Gasteiger partial charge in [-0.2, -0.15) is 0 Å². The lowest BCUT2D eigenvalue weighted by molar-refractivity contribution is 1.18. The smallest absolute Gasteiger partial charge is 0.160 e. The van der Waals surface area contributed by atoms with Crippen molar-refractivity contribution in [1.29, 1.82) is 0 Å². The molecule has 10 aromatic carbocycles. The predicted octanol–water partition coefficient (Wildman–Crippen LogP) is 15.4. The Morgan fingerprint density at radius 3 is 1.46 bits per heavy atom. The van der Waals surface area contributed by atoms with Crippen LogP contribution in [0, 0.1) is 0 Å². The summed E-state index contributed by atoms with van der Waals surface area (Å²) in [4.78, 5) is 10.5. The lowest BCUT2D eigenvalue weighted by atomic mass is 9.88. The molecule has 0 amide bonds. The number of hydrogen-bond donors (Lipinski definition) is 0. The van der Waals surface area contributed by atoms with Gasteiger partial charge in [0, 0.05) is 33.2 Å². The summed E-state index contributed by atoms with van der Waals surface area (Å²) in [6.45, 7) is 0. The van der Waals surface area contributed by atoms with Gasteiger partial charge in [0.15, 0.2) is 5.82 Å². The Bertz CT molecular complexity index is 3550. The van der Waals surface area contributed by atoms with Crippen LogP contribution in [0.1, 0.15) is 0 Å². The van der Waals surface area contributed by atoms with Crippen molar-refractivity contribution in [2.75, 3.05) is 0 Å². The van der Waals surface area contributed by atoms with Gasteiger partial charge < -0.3 is 4.57 Å². The Balaban J connectivity index is 1.09. The maximum absolute atomic E-state index is 5.23. The molecule has 0 aliphatic heterocycles. The van der Waals surface area contributed by atoms with Gasteiger partial charge in [-0.3, -0.25) is 0 Å². The van der Waals surface area contributed by atoms with Gasteiger partial charge in [-0.1, -0.05) is 188 Å². The first-order valence-electron chi connectivity index (χ1n) is 20.8. The van der Waals surface area contributed by atoms with Crippen LogP contribution in [0.15, 0.2) is 224 Å². The van der Waals surface area contributed by atoms with Crippen LogP contribution in [0.3, 0.4) is 0 Å². The Hall–Kier alpha value is -8.14. The second kappa shape index (κ2) is 14.3. The molecule has 0 aliphatic rings. The van der Waals surface area contributed by atoms with Crippen LogP contribution < -0.4 is 0 Å². The van der Waals surface area contributed by atoms with Gasteiger partial charge in [0.1, 0.15) is 0 Å². The van der Waals surface area contributed by atoms with Gasteiger partial charge in [-0.25, -0.2) is 9.97 Å². The first-order chi connectivity index (χ1) is 30.2. The molecule has 2 aromatic heterocycles. The normalized spacial score (nSPS) is 11.6. The van der Waals surface area contributed by atoms with Crippen molar-refractivity contribution in [3.05, 3.63) is 224 Å². The number of fused-ring (bicyclic) bond motifs is 9. The summed E-state index contributed by atoms with van der Waals surface area (Å²) in [7, 11) is 0. The Labute approximate surface area is 353 Å². The zero-order chi connectivity index (χ0) is 40.3. The molecule has 0 saturated heterocycles. The summed E-state index contributed by atoms with van der Waals surface area (Å²) in [5.41, 5.74) is 13.1. The molecule has 3 nitrogen and oxygen atoms in total. The molecule has 0 N–H and O–H groups in total. The molecule has 0 radical (unpaired) electrons. The van der Waals surface area contributed by atoms with Gasteiger partial charge in [0.25, 0.3) is 0 Å². The molecule has 284 valence electrons. The van der Waals surface area contributed by atoms with E-state index >= 15 is 0 Å². The molecule has 0 fully saturated rings. The number of nitrogens with zero attached hydrogens (tertiary/aromatic N) is 3. The number of hydrogen-bond acceptors (Lipinski definition) is 2. The summed E-state index contributed by atoms with van der Waals surface area (Å²) in [5.74, 6) is 0.699. The van der Waals surface area contributed by atoms with Gasteiger partial charge in [0.05, 0.1) is 22.4 Å². The van der Waals surface area contributed by atoms with E-state index in [1.54, 1.807) is 0 Å². The minimum atomic E-state index is 0.699. The maximum atomic E-state index is 5.23. The SMILES string of the molecule is c1ccc(-c2ccc(-n3c4ccccc4c4ccc(-c5cccc6c7ccccc7c7ccc(-c8nc(-c9ccccc9)cc(-c9ccccc9)n8)cc7c56)cc43)cc2)cc1. The molecule has 12 rings (SSSR count). The third-order valence-corrected chi connectivity index (χ3v) is 12.2. The maximum Gasteiger partial charge on any atom is 0.160 e. The molecular weight excluding hydrogens is 739 g/mol. The zero-order valence-electron chi connectivity index (χ0n) is 33.2. The lowest BCUT2D eigenvalue weighted by Crippen LogP contribution is -1.96. The molecule has 0 atom stereocenters. The average Bonchev–Trinajstić information content (AvgIpc) is 3.68. The van der Waals surface area contributed by atoms with Gasteiger partial charge in [-0.15, -0.1) is 0 Å². The average molecular weight is 776 g/mol. The van der Waals surface area contributed by atoms with E-state index < -0.39 is 0 Å². The molecule has 12 aromatic rings. The molecule has 0 unspecified atom stereocenters. The number of para-hydroxylation sites is 1. The fourth-order valence-electron chi connectivity index (χ4n) is 9.33. The van der Waals surface area contributed by atoms with Gasteiger partial charge in [-0.05, 0) is 91.0 Å². The van der Waals surface area contributed by atoms with E-state index in [0.29, 0.717) is 5.82 Å². The van der Waals surface area contributed by atoms with E-state index in [1.165, 1.54) is 76.4 Å². The molecule has 0 bridgehead atoms. The predicted molar refractivity (Wildman–Crippen MR) is 256 cm³/mol. The standard InChI is InChI=1S/C58H37N3/c1-4-15-38(16-5-1)39-27-31-44(32-28-39)61-55-26-13-12-23-49(55)50-34-29-42(36-56(50)61)45-24-14-25-51-47-22-11-10-21-46(47)48-33-30-43(35-52(48)57(45)51)58-59-53(40-17-6-2-7-18-40)37-54(60-58)41-19-8-3-9-20-41/h1-37H. The summed E-state index contributed by atoms with van der Waals surface area (Å²) < 4.78 is 2.42. The zero-order valence-corrected chi connectivity index (χ0v) is 33.2. The van der Waals surface area contributed by atoms with Crippen LogP contribution in [0.4, 0.5) is 0 Å². The quantitative estimate of drug-likeness (QED) is 0.158. The Morgan fingerprint density at radius 2 is 0.770 bits per heavy atom. The second-order valence-corrected chi connectivity index (χ2v) is 15.7. The van der Waals surface area contributed by atoms with E-state index in [2.05, 4.69) is 217 Å². The van der Waals surface area contributed by atoms with Gasteiger partial charge in [0.2, 0.25) is 0 Å². The number of benzene rings is 10. The fraction of sp³-hybridized carbons (Fsp3) is 0. The van der Waals surface area contributed by atoms with Gasteiger partial charge >= 0.3 is 0 Å². The lowest BCUT2D eigenvalue weighted by Gasteiger charge is -2.16. The Morgan fingerprint density at radius 1 is 0.279 bits per heavy atom. The van der Waals surface area contributed by atoms with Crippen LogP contribution in [-0.2, 0) is 0 Å².